The van der Waals surface area contributed by atoms with Gasteiger partial charge in [0.05, 0.1) is 18.6 Å². The molecule has 0 saturated heterocycles. The third kappa shape index (κ3) is 8.80. The summed E-state index contributed by atoms with van der Waals surface area (Å²) in [5.41, 5.74) is 1.24. The topological polar surface area (TPSA) is 117 Å². The van der Waals surface area contributed by atoms with Crippen LogP contribution in [0.25, 0.3) is 0 Å². The van der Waals surface area contributed by atoms with Crippen molar-refractivity contribution >= 4 is 23.6 Å². The van der Waals surface area contributed by atoms with E-state index in [1.54, 1.807) is 31.3 Å². The zero-order chi connectivity index (χ0) is 29.0. The van der Waals surface area contributed by atoms with Gasteiger partial charge in [0.2, 0.25) is 17.7 Å². The number of fused-ring (bicyclic) bond motifs is 1. The van der Waals surface area contributed by atoms with Crippen molar-refractivity contribution in [1.82, 2.24) is 20.9 Å². The number of benzene rings is 2. The monoisotopic (exact) mass is 562 g/mol. The number of rotatable bonds is 4. The Kier molecular flexibility index (Phi) is 11.2. The quantitative estimate of drug-likeness (QED) is 0.528. The first kappa shape index (κ1) is 30.1. The first-order chi connectivity index (χ1) is 19.9. The molecular formula is C32H42N4O5. The fraction of sp³-hybridized carbons (Fsp3) is 0.500. The van der Waals surface area contributed by atoms with Gasteiger partial charge in [-0.25, -0.2) is 0 Å². The normalized spacial score (nSPS) is 22.0. The van der Waals surface area contributed by atoms with Crippen molar-refractivity contribution in [3.8, 4) is 5.75 Å². The van der Waals surface area contributed by atoms with Crippen molar-refractivity contribution < 1.29 is 23.9 Å². The molecule has 1 saturated carbocycles. The zero-order valence-electron chi connectivity index (χ0n) is 23.9. The standard InChI is InChI=1S/C32H42N4O5/c1-36-27(21-23-13-5-4-6-14-23)32(40)33-19-11-2-3-12-20-41-28-18-10-9-17-25(28)30(38)35-26(22-29(36)37)31(39)34-24-15-7-8-16-24/h4-6,9-10,13-14,17-18,24,26-27H,2-3,7-8,11-12,15-16,19-22H2,1H3,(H,33,40)(H,34,39)(H,35,38)/t26-,27-/m0/s1. The molecule has 0 unspecified atom stereocenters. The van der Waals surface area contributed by atoms with Gasteiger partial charge in [-0.15, -0.1) is 0 Å². The maximum absolute atomic E-state index is 13.6. The Hall–Kier alpha value is -3.88. The average Bonchev–Trinajstić information content (AvgIpc) is 3.49. The molecule has 9 heteroatoms. The minimum absolute atomic E-state index is 0.0208. The number of likely N-dealkylation sites (N-methyl/N-ethyl adjacent to an activating group) is 1. The van der Waals surface area contributed by atoms with Gasteiger partial charge in [-0.1, -0.05) is 68.1 Å². The van der Waals surface area contributed by atoms with E-state index in [1.807, 2.05) is 30.3 Å². The van der Waals surface area contributed by atoms with Crippen molar-refractivity contribution in [2.75, 3.05) is 20.2 Å². The summed E-state index contributed by atoms with van der Waals surface area (Å²) >= 11 is 0. The highest BCUT2D eigenvalue weighted by molar-refractivity contribution is 6.01. The van der Waals surface area contributed by atoms with Crippen LogP contribution in [0.3, 0.4) is 0 Å². The summed E-state index contributed by atoms with van der Waals surface area (Å²) in [6.45, 7) is 0.961. The molecule has 2 aliphatic rings. The largest absolute Gasteiger partial charge is 0.493 e. The summed E-state index contributed by atoms with van der Waals surface area (Å²) in [4.78, 5) is 55.2. The van der Waals surface area contributed by atoms with Gasteiger partial charge in [0.15, 0.2) is 0 Å². The zero-order valence-corrected chi connectivity index (χ0v) is 23.9. The summed E-state index contributed by atoms with van der Waals surface area (Å²) in [6, 6.07) is 14.7. The van der Waals surface area contributed by atoms with Crippen molar-refractivity contribution in [3.63, 3.8) is 0 Å². The van der Waals surface area contributed by atoms with Crippen molar-refractivity contribution in [2.24, 2.45) is 0 Å². The summed E-state index contributed by atoms with van der Waals surface area (Å²) in [7, 11) is 1.59. The summed E-state index contributed by atoms with van der Waals surface area (Å²) in [6.07, 6.45) is 7.32. The number of para-hydroxylation sites is 1. The Balaban J connectivity index is 1.59. The van der Waals surface area contributed by atoms with Crippen LogP contribution in [0.4, 0.5) is 0 Å². The van der Waals surface area contributed by atoms with Crippen molar-refractivity contribution in [2.45, 2.75) is 82.3 Å². The molecule has 4 rings (SSSR count). The lowest BCUT2D eigenvalue weighted by Crippen LogP contribution is -2.54. The number of ether oxygens (including phenoxy) is 1. The molecule has 0 spiro atoms. The molecule has 1 fully saturated rings. The lowest BCUT2D eigenvalue weighted by molar-refractivity contribution is -0.140. The molecule has 0 radical (unpaired) electrons. The van der Waals surface area contributed by atoms with Crippen LogP contribution in [0, 0.1) is 0 Å². The van der Waals surface area contributed by atoms with Crippen LogP contribution in [0.1, 0.15) is 73.7 Å². The first-order valence-corrected chi connectivity index (χ1v) is 14.8. The van der Waals surface area contributed by atoms with E-state index >= 15 is 0 Å². The Bertz CT molecular complexity index is 1180. The van der Waals surface area contributed by atoms with Crippen molar-refractivity contribution in [1.29, 1.82) is 0 Å². The fourth-order valence-corrected chi connectivity index (χ4v) is 5.42. The second kappa shape index (κ2) is 15.2. The van der Waals surface area contributed by atoms with E-state index in [9.17, 15) is 19.2 Å². The van der Waals surface area contributed by atoms with Gasteiger partial charge in [-0.2, -0.15) is 0 Å². The Labute approximate surface area is 242 Å². The molecule has 1 aliphatic carbocycles. The van der Waals surface area contributed by atoms with Crippen molar-refractivity contribution in [3.05, 3.63) is 65.7 Å². The van der Waals surface area contributed by atoms with Crippen LogP contribution in [0.5, 0.6) is 5.75 Å². The maximum Gasteiger partial charge on any atom is 0.255 e. The van der Waals surface area contributed by atoms with Gasteiger partial charge in [0.25, 0.3) is 5.91 Å². The summed E-state index contributed by atoms with van der Waals surface area (Å²) < 4.78 is 5.93. The number of nitrogens with zero attached hydrogens (tertiary/aromatic N) is 1. The van der Waals surface area contributed by atoms with Crippen LogP contribution >= 0.6 is 0 Å². The molecule has 0 aromatic heterocycles. The lowest BCUT2D eigenvalue weighted by Gasteiger charge is -2.29. The second-order valence-corrected chi connectivity index (χ2v) is 11.0. The number of hydrogen-bond acceptors (Lipinski definition) is 5. The molecular weight excluding hydrogens is 520 g/mol. The Morgan fingerprint density at radius 1 is 0.927 bits per heavy atom. The van der Waals surface area contributed by atoms with E-state index < -0.39 is 29.8 Å². The lowest BCUT2D eigenvalue weighted by atomic mass is 10.0. The van der Waals surface area contributed by atoms with Crippen LogP contribution in [-0.4, -0.2) is 66.9 Å². The predicted octanol–water partition coefficient (Wildman–Crippen LogP) is 3.37. The van der Waals surface area contributed by atoms with E-state index in [0.29, 0.717) is 30.9 Å². The summed E-state index contributed by atoms with van der Waals surface area (Å²) in [5.74, 6) is -1.08. The van der Waals surface area contributed by atoms with Crippen LogP contribution in [0.2, 0.25) is 0 Å². The van der Waals surface area contributed by atoms with E-state index in [1.165, 1.54) is 4.90 Å². The first-order valence-electron chi connectivity index (χ1n) is 14.8. The molecule has 3 N–H and O–H groups in total. The maximum atomic E-state index is 13.6. The Morgan fingerprint density at radius 3 is 2.41 bits per heavy atom. The molecule has 9 nitrogen and oxygen atoms in total. The minimum Gasteiger partial charge on any atom is -0.493 e. The molecule has 2 aromatic rings. The van der Waals surface area contributed by atoms with Gasteiger partial charge in [0, 0.05) is 26.1 Å². The fourth-order valence-electron chi connectivity index (χ4n) is 5.42. The van der Waals surface area contributed by atoms with E-state index in [2.05, 4.69) is 16.0 Å². The molecule has 41 heavy (non-hydrogen) atoms. The summed E-state index contributed by atoms with van der Waals surface area (Å²) in [5, 5.41) is 8.82. The van der Waals surface area contributed by atoms with Crippen LogP contribution < -0.4 is 20.7 Å². The highest BCUT2D eigenvalue weighted by atomic mass is 16.5. The van der Waals surface area contributed by atoms with Gasteiger partial charge >= 0.3 is 0 Å². The number of amides is 4. The Morgan fingerprint density at radius 2 is 1.63 bits per heavy atom. The molecule has 1 aliphatic heterocycles. The third-order valence-electron chi connectivity index (χ3n) is 7.90. The van der Waals surface area contributed by atoms with Crippen LogP contribution in [0.15, 0.2) is 54.6 Å². The van der Waals surface area contributed by atoms with Gasteiger partial charge in [0.1, 0.15) is 17.8 Å². The third-order valence-corrected chi connectivity index (χ3v) is 7.90. The molecule has 220 valence electrons. The number of hydrogen-bond donors (Lipinski definition) is 3. The number of carbonyl (C=O) groups is 4. The average molecular weight is 563 g/mol. The minimum atomic E-state index is -1.11. The van der Waals surface area contributed by atoms with E-state index in [-0.39, 0.29) is 18.4 Å². The number of carbonyl (C=O) groups excluding carboxylic acids is 4. The van der Waals surface area contributed by atoms with E-state index in [4.69, 9.17) is 4.74 Å². The van der Waals surface area contributed by atoms with E-state index in [0.717, 1.165) is 56.9 Å². The molecule has 2 aromatic carbocycles. The molecule has 0 bridgehead atoms. The second-order valence-electron chi connectivity index (χ2n) is 11.0. The molecule has 2 atom stereocenters. The number of nitrogens with one attached hydrogen (secondary N) is 3. The SMILES string of the molecule is CN1C(=O)C[C@@H](C(=O)NC2CCCC2)NC(=O)c2ccccc2OCCCCCCNC(=O)[C@@H]1Cc1ccccc1. The van der Waals surface area contributed by atoms with Gasteiger partial charge < -0.3 is 25.6 Å². The van der Waals surface area contributed by atoms with Gasteiger partial charge in [-0.3, -0.25) is 19.2 Å². The molecule has 4 amide bonds. The van der Waals surface area contributed by atoms with Crippen LogP contribution in [-0.2, 0) is 20.8 Å². The van der Waals surface area contributed by atoms with Gasteiger partial charge in [-0.05, 0) is 43.4 Å². The molecule has 1 heterocycles. The smallest absolute Gasteiger partial charge is 0.255 e. The highest BCUT2D eigenvalue weighted by Crippen LogP contribution is 2.21. The highest BCUT2D eigenvalue weighted by Gasteiger charge is 2.33. The predicted molar refractivity (Wildman–Crippen MR) is 156 cm³/mol.